The Labute approximate surface area is 131 Å². The summed E-state index contributed by atoms with van der Waals surface area (Å²) in [7, 11) is 3.71. The van der Waals surface area contributed by atoms with Crippen molar-refractivity contribution in [2.24, 2.45) is 5.92 Å². The number of rotatable bonds is 4. The standard InChI is InChI=1S/C17H23NO4/c1-10(2)13(19)8-12-15-11(5-6-18(12)3)7-14-16(17(15)20-4)22-9-21-14/h7,10,12H,5-6,8-9H2,1-4H3/t12-/m0/s1. The van der Waals surface area contributed by atoms with E-state index in [2.05, 4.69) is 11.9 Å². The fraction of sp³-hybridized carbons (Fsp3) is 0.588. The zero-order chi connectivity index (χ0) is 15.9. The minimum absolute atomic E-state index is 0.0306. The minimum Gasteiger partial charge on any atom is -0.492 e. The molecule has 5 nitrogen and oxygen atoms in total. The van der Waals surface area contributed by atoms with Crippen LogP contribution in [0, 0.1) is 5.92 Å². The van der Waals surface area contributed by atoms with Gasteiger partial charge >= 0.3 is 0 Å². The van der Waals surface area contributed by atoms with E-state index in [-0.39, 0.29) is 24.5 Å². The van der Waals surface area contributed by atoms with Gasteiger partial charge in [-0.1, -0.05) is 13.8 Å². The first-order valence-corrected chi connectivity index (χ1v) is 7.75. The Balaban J connectivity index is 2.06. The first-order chi connectivity index (χ1) is 10.5. The average molecular weight is 305 g/mol. The van der Waals surface area contributed by atoms with Crippen LogP contribution in [-0.4, -0.2) is 38.2 Å². The van der Waals surface area contributed by atoms with Gasteiger partial charge in [0.25, 0.3) is 0 Å². The number of Topliss-reactive ketones (excluding diaryl/α,β-unsaturated/α-hetero) is 1. The maximum Gasteiger partial charge on any atom is 0.231 e. The maximum absolute atomic E-state index is 12.3. The summed E-state index contributed by atoms with van der Waals surface area (Å²) >= 11 is 0. The average Bonchev–Trinajstić information content (AvgIpc) is 2.95. The molecule has 1 aromatic carbocycles. The molecule has 0 saturated heterocycles. The highest BCUT2D eigenvalue weighted by Crippen LogP contribution is 2.50. The molecule has 120 valence electrons. The van der Waals surface area contributed by atoms with Crippen LogP contribution in [0.2, 0.25) is 0 Å². The molecule has 0 fully saturated rings. The van der Waals surface area contributed by atoms with Crippen LogP contribution in [-0.2, 0) is 11.2 Å². The van der Waals surface area contributed by atoms with E-state index in [4.69, 9.17) is 14.2 Å². The van der Waals surface area contributed by atoms with E-state index in [0.29, 0.717) is 12.2 Å². The van der Waals surface area contributed by atoms with Gasteiger partial charge in [0.15, 0.2) is 11.5 Å². The lowest BCUT2D eigenvalue weighted by atomic mass is 9.87. The number of methoxy groups -OCH3 is 1. The maximum atomic E-state index is 12.3. The number of nitrogens with zero attached hydrogens (tertiary/aromatic N) is 1. The quantitative estimate of drug-likeness (QED) is 0.855. The van der Waals surface area contributed by atoms with Crippen LogP contribution in [0.5, 0.6) is 17.2 Å². The van der Waals surface area contributed by atoms with Gasteiger partial charge in [-0.2, -0.15) is 0 Å². The van der Waals surface area contributed by atoms with Gasteiger partial charge < -0.3 is 14.2 Å². The zero-order valence-corrected chi connectivity index (χ0v) is 13.6. The monoisotopic (exact) mass is 305 g/mol. The van der Waals surface area contributed by atoms with Crippen molar-refractivity contribution in [3.8, 4) is 17.2 Å². The van der Waals surface area contributed by atoms with Crippen LogP contribution in [0.1, 0.15) is 37.4 Å². The molecule has 2 aliphatic heterocycles. The van der Waals surface area contributed by atoms with Gasteiger partial charge in [0.05, 0.1) is 7.11 Å². The Morgan fingerprint density at radius 3 is 2.91 bits per heavy atom. The van der Waals surface area contributed by atoms with Crippen molar-refractivity contribution in [2.75, 3.05) is 27.5 Å². The molecule has 0 aromatic heterocycles. The predicted octanol–water partition coefficient (Wildman–Crippen LogP) is 2.57. The van der Waals surface area contributed by atoms with Crippen LogP contribution in [0.3, 0.4) is 0 Å². The van der Waals surface area contributed by atoms with Gasteiger partial charge in [-0.05, 0) is 25.1 Å². The lowest BCUT2D eigenvalue weighted by molar-refractivity contribution is -0.123. The van der Waals surface area contributed by atoms with Crippen LogP contribution in [0.25, 0.3) is 0 Å². The third kappa shape index (κ3) is 2.43. The lowest BCUT2D eigenvalue weighted by Crippen LogP contribution is -2.34. The predicted molar refractivity (Wildman–Crippen MR) is 82.7 cm³/mol. The van der Waals surface area contributed by atoms with E-state index >= 15 is 0 Å². The van der Waals surface area contributed by atoms with E-state index < -0.39 is 0 Å². The number of carbonyl (C=O) groups excluding carboxylic acids is 1. The molecule has 1 atom stereocenters. The summed E-state index contributed by atoms with van der Waals surface area (Å²) in [6.45, 7) is 5.04. The number of ketones is 1. The van der Waals surface area contributed by atoms with Gasteiger partial charge in [0.1, 0.15) is 5.78 Å². The Bertz CT molecular complexity index is 597. The smallest absolute Gasteiger partial charge is 0.231 e. The molecular formula is C17H23NO4. The summed E-state index contributed by atoms with van der Waals surface area (Å²) in [5.41, 5.74) is 2.27. The largest absolute Gasteiger partial charge is 0.492 e. The number of hydrogen-bond acceptors (Lipinski definition) is 5. The van der Waals surface area contributed by atoms with Crippen LogP contribution < -0.4 is 14.2 Å². The topological polar surface area (TPSA) is 48.0 Å². The summed E-state index contributed by atoms with van der Waals surface area (Å²) in [6, 6.07) is 2.07. The van der Waals surface area contributed by atoms with Crippen molar-refractivity contribution in [1.82, 2.24) is 4.90 Å². The highest BCUT2D eigenvalue weighted by atomic mass is 16.7. The summed E-state index contributed by atoms with van der Waals surface area (Å²) in [6.07, 6.45) is 1.42. The molecule has 3 rings (SSSR count). The van der Waals surface area contributed by atoms with Gasteiger partial charge in [-0.3, -0.25) is 9.69 Å². The molecule has 0 spiro atoms. The Morgan fingerprint density at radius 2 is 2.23 bits per heavy atom. The van der Waals surface area contributed by atoms with Gasteiger partial charge in [0.2, 0.25) is 12.5 Å². The molecule has 0 amide bonds. The summed E-state index contributed by atoms with van der Waals surface area (Å²) in [5.74, 6) is 2.44. The number of hydrogen-bond donors (Lipinski definition) is 0. The first-order valence-electron chi connectivity index (χ1n) is 7.75. The molecule has 2 aliphatic rings. The first kappa shape index (κ1) is 15.2. The highest BCUT2D eigenvalue weighted by Gasteiger charge is 2.35. The molecule has 0 unspecified atom stereocenters. The zero-order valence-electron chi connectivity index (χ0n) is 13.6. The van der Waals surface area contributed by atoms with E-state index in [1.165, 1.54) is 5.56 Å². The van der Waals surface area contributed by atoms with Crippen LogP contribution in [0.4, 0.5) is 0 Å². The number of fused-ring (bicyclic) bond motifs is 2. The summed E-state index contributed by atoms with van der Waals surface area (Å²) < 4.78 is 16.7. The molecule has 0 aliphatic carbocycles. The Kier molecular flexibility index (Phi) is 4.00. The molecule has 22 heavy (non-hydrogen) atoms. The highest BCUT2D eigenvalue weighted by molar-refractivity contribution is 5.81. The van der Waals surface area contributed by atoms with Crippen LogP contribution >= 0.6 is 0 Å². The lowest BCUT2D eigenvalue weighted by Gasteiger charge is -2.35. The molecule has 0 saturated carbocycles. The van der Waals surface area contributed by atoms with Crippen molar-refractivity contribution in [2.45, 2.75) is 32.7 Å². The molecule has 0 radical (unpaired) electrons. The van der Waals surface area contributed by atoms with Crippen molar-refractivity contribution in [3.05, 3.63) is 17.2 Å². The third-order valence-electron chi connectivity index (χ3n) is 4.59. The van der Waals surface area contributed by atoms with Gasteiger partial charge in [0, 0.05) is 30.5 Å². The third-order valence-corrected chi connectivity index (χ3v) is 4.59. The molecule has 5 heteroatoms. The minimum atomic E-state index is 0.0306. The Hall–Kier alpha value is -1.75. The van der Waals surface area contributed by atoms with Crippen molar-refractivity contribution < 1.29 is 19.0 Å². The number of likely N-dealkylation sites (N-methyl/N-ethyl adjacent to an activating group) is 1. The van der Waals surface area contributed by atoms with Crippen molar-refractivity contribution in [1.29, 1.82) is 0 Å². The van der Waals surface area contributed by atoms with E-state index in [1.807, 2.05) is 19.9 Å². The fourth-order valence-electron chi connectivity index (χ4n) is 3.21. The summed E-state index contributed by atoms with van der Waals surface area (Å²) in [4.78, 5) is 14.5. The van der Waals surface area contributed by atoms with Crippen molar-refractivity contribution in [3.63, 3.8) is 0 Å². The normalized spacial score (nSPS) is 20.1. The second-order valence-corrected chi connectivity index (χ2v) is 6.29. The SMILES string of the molecule is COc1c2c(cc3c1[C@H](CC(=O)C(C)C)N(C)CC3)OCO2. The number of ether oxygens (including phenoxy) is 3. The second-order valence-electron chi connectivity index (χ2n) is 6.29. The van der Waals surface area contributed by atoms with E-state index in [1.54, 1.807) is 7.11 Å². The molecule has 1 aromatic rings. The molecule has 0 N–H and O–H groups in total. The number of benzene rings is 1. The van der Waals surface area contributed by atoms with Crippen LogP contribution in [0.15, 0.2) is 6.07 Å². The Morgan fingerprint density at radius 1 is 1.45 bits per heavy atom. The summed E-state index contributed by atoms with van der Waals surface area (Å²) in [5, 5.41) is 0. The number of carbonyl (C=O) groups is 1. The van der Waals surface area contributed by atoms with Gasteiger partial charge in [-0.25, -0.2) is 0 Å². The molecule has 0 bridgehead atoms. The fourth-order valence-corrected chi connectivity index (χ4v) is 3.21. The second kappa shape index (κ2) is 5.80. The van der Waals surface area contributed by atoms with Crippen molar-refractivity contribution >= 4 is 5.78 Å². The molecule has 2 heterocycles. The van der Waals surface area contributed by atoms with Gasteiger partial charge in [-0.15, -0.1) is 0 Å². The van der Waals surface area contributed by atoms with E-state index in [9.17, 15) is 4.79 Å². The van der Waals surface area contributed by atoms with E-state index in [0.717, 1.165) is 30.0 Å². The molecular weight excluding hydrogens is 282 g/mol.